The van der Waals surface area contributed by atoms with Crippen molar-refractivity contribution in [1.29, 1.82) is 0 Å². The van der Waals surface area contributed by atoms with Crippen molar-refractivity contribution < 1.29 is 4.74 Å². The van der Waals surface area contributed by atoms with Crippen molar-refractivity contribution >= 4 is 0 Å². The Morgan fingerprint density at radius 1 is 0.857 bits per heavy atom. The topological polar surface area (TPSA) is 9.23 Å². The van der Waals surface area contributed by atoms with Crippen LogP contribution in [-0.2, 0) is 11.2 Å². The zero-order valence-corrected chi connectivity index (χ0v) is 12.2. The van der Waals surface area contributed by atoms with Crippen LogP contribution in [0.15, 0.2) is 78.6 Å². The summed E-state index contributed by atoms with van der Waals surface area (Å²) in [5, 5.41) is 0. The van der Waals surface area contributed by atoms with Gasteiger partial charge in [0.1, 0.15) is 0 Å². The van der Waals surface area contributed by atoms with Gasteiger partial charge in [0.25, 0.3) is 0 Å². The molecule has 0 saturated heterocycles. The smallest absolute Gasteiger partial charge is 0.0960 e. The first-order valence-electron chi connectivity index (χ1n) is 7.53. The molecule has 3 rings (SSSR count). The van der Waals surface area contributed by atoms with Crippen molar-refractivity contribution in [1.82, 2.24) is 0 Å². The molecule has 2 aromatic rings. The van der Waals surface area contributed by atoms with Gasteiger partial charge in [-0.1, -0.05) is 66.7 Å². The summed E-state index contributed by atoms with van der Waals surface area (Å²) in [5.41, 5.74) is 3.92. The molecule has 0 saturated carbocycles. The molecule has 1 nitrogen and oxygen atoms in total. The highest BCUT2D eigenvalue weighted by molar-refractivity contribution is 5.67. The Morgan fingerprint density at radius 2 is 1.67 bits per heavy atom. The minimum Gasteiger partial charge on any atom is -0.498 e. The lowest BCUT2D eigenvalue weighted by molar-refractivity contribution is 0.209. The highest BCUT2D eigenvalue weighted by Crippen LogP contribution is 2.24. The van der Waals surface area contributed by atoms with E-state index in [0.717, 1.165) is 31.6 Å². The summed E-state index contributed by atoms with van der Waals surface area (Å²) in [6.45, 7) is 0.740. The molecule has 0 radical (unpaired) electrons. The summed E-state index contributed by atoms with van der Waals surface area (Å²) in [5.74, 6) is 1.11. The summed E-state index contributed by atoms with van der Waals surface area (Å²) in [7, 11) is 0. The predicted octanol–water partition coefficient (Wildman–Crippen LogP) is 5.15. The average molecular weight is 276 g/mol. The van der Waals surface area contributed by atoms with Crippen LogP contribution in [0, 0.1) is 0 Å². The molecule has 0 N–H and O–H groups in total. The molecule has 0 bridgehead atoms. The number of allylic oxidation sites excluding steroid dienone is 3. The van der Waals surface area contributed by atoms with E-state index in [9.17, 15) is 0 Å². The minimum atomic E-state index is 0.740. The molecule has 0 fully saturated rings. The van der Waals surface area contributed by atoms with Gasteiger partial charge < -0.3 is 4.74 Å². The predicted molar refractivity (Wildman–Crippen MR) is 88.0 cm³/mol. The molecular formula is C20H20O. The Hall–Kier alpha value is -2.28. The largest absolute Gasteiger partial charge is 0.498 e. The van der Waals surface area contributed by atoms with Gasteiger partial charge in [-0.3, -0.25) is 0 Å². The summed E-state index contributed by atoms with van der Waals surface area (Å²) in [4.78, 5) is 0. The third-order valence-electron chi connectivity index (χ3n) is 3.73. The van der Waals surface area contributed by atoms with Crippen LogP contribution in [0.2, 0.25) is 0 Å². The quantitative estimate of drug-likeness (QED) is 0.686. The van der Waals surface area contributed by atoms with Crippen molar-refractivity contribution in [2.24, 2.45) is 0 Å². The summed E-state index contributed by atoms with van der Waals surface area (Å²) in [6.07, 6.45) is 9.39. The average Bonchev–Trinajstić information content (AvgIpc) is 2.57. The van der Waals surface area contributed by atoms with E-state index in [0.29, 0.717) is 0 Å². The maximum Gasteiger partial charge on any atom is 0.0960 e. The fraction of sp³-hybridized carbons (Fsp3) is 0.200. The van der Waals surface area contributed by atoms with Crippen molar-refractivity contribution in [3.8, 4) is 11.1 Å². The van der Waals surface area contributed by atoms with Crippen LogP contribution in [0.4, 0.5) is 0 Å². The van der Waals surface area contributed by atoms with Crippen LogP contribution < -0.4 is 0 Å². The molecule has 0 spiro atoms. The third kappa shape index (κ3) is 3.63. The summed E-state index contributed by atoms with van der Waals surface area (Å²) < 4.78 is 5.89. The van der Waals surface area contributed by atoms with E-state index in [1.807, 2.05) is 0 Å². The lowest BCUT2D eigenvalue weighted by Crippen LogP contribution is -2.01. The molecule has 21 heavy (non-hydrogen) atoms. The summed E-state index contributed by atoms with van der Waals surface area (Å²) in [6, 6.07) is 19.1. The number of hydrogen-bond donors (Lipinski definition) is 0. The highest BCUT2D eigenvalue weighted by Gasteiger charge is 2.05. The van der Waals surface area contributed by atoms with Crippen molar-refractivity contribution in [3.63, 3.8) is 0 Å². The summed E-state index contributed by atoms with van der Waals surface area (Å²) >= 11 is 0. The van der Waals surface area contributed by atoms with Gasteiger partial charge in [-0.15, -0.1) is 0 Å². The standard InChI is InChI=1S/C20H20O/c1-3-9-17(10-4-1)20-14-8-7-11-18(20)15-16-21-19-12-5-2-6-13-19/h1-5,7-11,13-14H,6,12,15-16H2. The second-order valence-electron chi connectivity index (χ2n) is 5.20. The van der Waals surface area contributed by atoms with Gasteiger partial charge >= 0.3 is 0 Å². The Kier molecular flexibility index (Phi) is 4.52. The first-order chi connectivity index (χ1) is 10.4. The van der Waals surface area contributed by atoms with Gasteiger partial charge in [-0.25, -0.2) is 0 Å². The Bertz CT molecular complexity index is 638. The van der Waals surface area contributed by atoms with Gasteiger partial charge in [0, 0.05) is 12.8 Å². The van der Waals surface area contributed by atoms with Crippen LogP contribution in [0.5, 0.6) is 0 Å². The zero-order chi connectivity index (χ0) is 14.3. The molecule has 0 aromatic heterocycles. The third-order valence-corrected chi connectivity index (χ3v) is 3.73. The Balaban J connectivity index is 1.67. The molecule has 0 heterocycles. The second-order valence-corrected chi connectivity index (χ2v) is 5.20. The molecule has 1 aliphatic carbocycles. The number of rotatable bonds is 5. The van der Waals surface area contributed by atoms with E-state index < -0.39 is 0 Å². The molecular weight excluding hydrogens is 256 g/mol. The molecule has 106 valence electrons. The lowest BCUT2D eigenvalue weighted by Gasteiger charge is -2.13. The van der Waals surface area contributed by atoms with Gasteiger partial charge in [-0.05, 0) is 29.2 Å². The SMILES string of the molecule is C1=CCC(OCCc2ccccc2-c2ccccc2)=CC1. The normalized spacial score (nSPS) is 13.8. The van der Waals surface area contributed by atoms with E-state index in [2.05, 4.69) is 72.8 Å². The zero-order valence-electron chi connectivity index (χ0n) is 12.2. The lowest BCUT2D eigenvalue weighted by atomic mass is 9.98. The fourth-order valence-corrected chi connectivity index (χ4v) is 2.63. The van der Waals surface area contributed by atoms with Crippen molar-refractivity contribution in [2.45, 2.75) is 19.3 Å². The molecule has 0 atom stereocenters. The van der Waals surface area contributed by atoms with Gasteiger partial charge in [0.05, 0.1) is 12.4 Å². The molecule has 1 heteroatoms. The first kappa shape index (κ1) is 13.7. The number of benzene rings is 2. The molecule has 0 amide bonds. The van der Waals surface area contributed by atoms with Gasteiger partial charge in [0.2, 0.25) is 0 Å². The monoisotopic (exact) mass is 276 g/mol. The van der Waals surface area contributed by atoms with E-state index in [4.69, 9.17) is 4.74 Å². The Labute approximate surface area is 126 Å². The second kappa shape index (κ2) is 6.94. The Morgan fingerprint density at radius 3 is 2.48 bits per heavy atom. The fourth-order valence-electron chi connectivity index (χ4n) is 2.63. The van der Waals surface area contributed by atoms with Crippen LogP contribution in [-0.4, -0.2) is 6.61 Å². The van der Waals surface area contributed by atoms with Crippen LogP contribution in [0.3, 0.4) is 0 Å². The maximum absolute atomic E-state index is 5.89. The van der Waals surface area contributed by atoms with Crippen molar-refractivity contribution in [3.05, 3.63) is 84.1 Å². The van der Waals surface area contributed by atoms with E-state index in [1.54, 1.807) is 0 Å². The molecule has 0 aliphatic heterocycles. The number of ether oxygens (including phenoxy) is 1. The van der Waals surface area contributed by atoms with Crippen molar-refractivity contribution in [2.75, 3.05) is 6.61 Å². The minimum absolute atomic E-state index is 0.740. The molecule has 1 aliphatic rings. The van der Waals surface area contributed by atoms with Gasteiger partial charge in [0.15, 0.2) is 0 Å². The maximum atomic E-state index is 5.89. The van der Waals surface area contributed by atoms with Crippen LogP contribution >= 0.6 is 0 Å². The molecule has 0 unspecified atom stereocenters. The van der Waals surface area contributed by atoms with Crippen LogP contribution in [0.25, 0.3) is 11.1 Å². The highest BCUT2D eigenvalue weighted by atomic mass is 16.5. The van der Waals surface area contributed by atoms with E-state index >= 15 is 0 Å². The van der Waals surface area contributed by atoms with Gasteiger partial charge in [-0.2, -0.15) is 0 Å². The number of hydrogen-bond acceptors (Lipinski definition) is 1. The molecule has 2 aromatic carbocycles. The van der Waals surface area contributed by atoms with E-state index in [-0.39, 0.29) is 0 Å². The van der Waals surface area contributed by atoms with E-state index in [1.165, 1.54) is 16.7 Å². The van der Waals surface area contributed by atoms with Crippen LogP contribution in [0.1, 0.15) is 18.4 Å². The first-order valence-corrected chi connectivity index (χ1v) is 7.53.